The van der Waals surface area contributed by atoms with Crippen LogP contribution in [0.2, 0.25) is 10.0 Å². The highest BCUT2D eigenvalue weighted by Crippen LogP contribution is 2.36. The maximum Gasteiger partial charge on any atom is 0.258 e. The zero-order valence-corrected chi connectivity index (χ0v) is 42.3. The van der Waals surface area contributed by atoms with E-state index in [2.05, 4.69) is 20.6 Å². The Bertz CT molecular complexity index is 2700. The molecule has 8 rings (SSSR count). The number of carbonyl (C=O) groups is 4. The van der Waals surface area contributed by atoms with Gasteiger partial charge in [-0.3, -0.25) is 39.8 Å². The van der Waals surface area contributed by atoms with E-state index in [0.717, 1.165) is 60.9 Å². The largest absolute Gasteiger partial charge is 0.337 e. The predicted molar refractivity (Wildman–Crippen MR) is 278 cm³/mol. The summed E-state index contributed by atoms with van der Waals surface area (Å²) in [5, 5.41) is 7.08. The van der Waals surface area contributed by atoms with E-state index in [1.807, 2.05) is 119 Å². The number of nitrogens with one attached hydrogen (secondary N) is 2. The van der Waals surface area contributed by atoms with E-state index in [1.165, 1.54) is 0 Å². The van der Waals surface area contributed by atoms with E-state index in [-0.39, 0.29) is 35.7 Å². The Morgan fingerprint density at radius 3 is 1.43 bits per heavy atom. The zero-order valence-electron chi connectivity index (χ0n) is 40.7. The van der Waals surface area contributed by atoms with Gasteiger partial charge in [0.15, 0.2) is 0 Å². The molecule has 368 valence electrons. The maximum absolute atomic E-state index is 13.1. The highest BCUT2D eigenvalue weighted by molar-refractivity contribution is 6.35. The number of pyridine rings is 2. The number of aryl methyl sites for hydroxylation is 2. The van der Waals surface area contributed by atoms with E-state index >= 15 is 0 Å². The Labute approximate surface area is 419 Å². The number of para-hydroxylation sites is 2. The molecular weight excluding hydrogens is 928 g/mol. The molecule has 70 heavy (non-hydrogen) atoms. The van der Waals surface area contributed by atoms with Gasteiger partial charge in [0.2, 0.25) is 23.7 Å². The van der Waals surface area contributed by atoms with Gasteiger partial charge in [-0.15, -0.1) is 0 Å². The maximum atomic E-state index is 13.1. The van der Waals surface area contributed by atoms with Crippen LogP contribution in [0.1, 0.15) is 82.7 Å². The van der Waals surface area contributed by atoms with Crippen LogP contribution < -0.4 is 10.6 Å². The van der Waals surface area contributed by atoms with Crippen LogP contribution in [0.3, 0.4) is 0 Å². The van der Waals surface area contributed by atoms with Crippen LogP contribution in [0.5, 0.6) is 0 Å². The van der Waals surface area contributed by atoms with Gasteiger partial charge in [0.1, 0.15) is 0 Å². The van der Waals surface area contributed by atoms with Crippen molar-refractivity contribution in [1.29, 1.82) is 0 Å². The van der Waals surface area contributed by atoms with Gasteiger partial charge >= 0.3 is 0 Å². The molecule has 6 heterocycles. The Morgan fingerprint density at radius 2 is 1.04 bits per heavy atom. The number of likely N-dealkylation sites (N-methyl/N-ethyl adjacent to an activating group) is 2. The number of fused-ring (bicyclic) bond motifs is 2. The quantitative estimate of drug-likeness (QED) is 0.113. The molecule has 16 nitrogen and oxygen atoms in total. The second kappa shape index (κ2) is 23.9. The summed E-state index contributed by atoms with van der Waals surface area (Å²) in [5.41, 5.74) is 5.45. The predicted octanol–water partition coefficient (Wildman–Crippen LogP) is 8.63. The van der Waals surface area contributed by atoms with Crippen molar-refractivity contribution in [1.82, 2.24) is 48.7 Å². The van der Waals surface area contributed by atoms with Crippen molar-refractivity contribution in [3.63, 3.8) is 0 Å². The third kappa shape index (κ3) is 13.0. The third-order valence-electron chi connectivity index (χ3n) is 12.2. The molecule has 0 radical (unpaired) electrons. The lowest BCUT2D eigenvalue weighted by molar-refractivity contribution is -0.127. The van der Waals surface area contributed by atoms with Crippen LogP contribution in [0, 0.1) is 13.8 Å². The summed E-state index contributed by atoms with van der Waals surface area (Å²) in [7, 11) is 7.86. The molecule has 2 atom stereocenters. The molecule has 0 aliphatic carbocycles. The summed E-state index contributed by atoms with van der Waals surface area (Å²) in [4.78, 5) is 77.6. The van der Waals surface area contributed by atoms with Gasteiger partial charge in [-0.2, -0.15) is 0 Å². The number of rotatable bonds is 12. The molecule has 4 amide bonds. The molecule has 2 aromatic carbocycles. The van der Waals surface area contributed by atoms with Crippen molar-refractivity contribution in [2.45, 2.75) is 64.5 Å². The third-order valence-corrected chi connectivity index (χ3v) is 12.8. The fourth-order valence-electron chi connectivity index (χ4n) is 8.82. The lowest BCUT2D eigenvalue weighted by atomic mass is 10.1. The van der Waals surface area contributed by atoms with E-state index < -0.39 is 0 Å². The normalized spacial score (nSPS) is 16.7. The number of anilines is 2. The molecule has 2 fully saturated rings. The Kier molecular flexibility index (Phi) is 17.5. The summed E-state index contributed by atoms with van der Waals surface area (Å²) in [5.74, 6) is 0.303. The van der Waals surface area contributed by atoms with Crippen LogP contribution in [0.15, 0.2) is 97.4 Å². The van der Waals surface area contributed by atoms with Crippen molar-refractivity contribution in [3.05, 3.63) is 130 Å². The van der Waals surface area contributed by atoms with Gasteiger partial charge in [0.25, 0.3) is 11.8 Å². The minimum atomic E-state index is -0.267. The summed E-state index contributed by atoms with van der Waals surface area (Å²) >= 11 is 13.3. The number of aromatic nitrogens is 6. The molecule has 18 heteroatoms. The molecule has 2 N–H and O–H groups in total. The Hall–Kier alpha value is -6.46. The van der Waals surface area contributed by atoms with E-state index in [4.69, 9.17) is 33.2 Å². The topological polar surface area (TPSA) is 167 Å². The number of benzene rings is 2. The SMILES string of the molecule is Cc1cc(C(=O)Nc2nc3cccc(Cl)c3n2[C@@H]2CCCCN(C(=O)/C=C/CN(C)C)C2)ccn1.Cc1cc(C(=O)Nc2nc3cccc(Cl)c3n2[C@@H]2CCCCN(C(=O)/C=C/CN(C)C)C2)ccn1. The van der Waals surface area contributed by atoms with E-state index in [9.17, 15) is 19.2 Å². The fraction of sp³-hybridized carbons (Fsp3) is 0.385. The molecular formula is C52H62Cl2N12O4. The van der Waals surface area contributed by atoms with Crippen molar-refractivity contribution in [3.8, 4) is 0 Å². The molecule has 4 aromatic heterocycles. The zero-order chi connectivity index (χ0) is 49.9. The Balaban J connectivity index is 0.000000206. The van der Waals surface area contributed by atoms with E-state index in [1.54, 1.807) is 48.8 Å². The van der Waals surface area contributed by atoms with Gasteiger partial charge in [-0.05, 0) is 129 Å². The first-order chi connectivity index (χ1) is 33.7. The minimum absolute atomic E-state index is 0.00730. The van der Waals surface area contributed by atoms with Gasteiger partial charge in [0, 0.05) is 86.3 Å². The standard InChI is InChI=1S/2C26H31ClN6O2/c2*1-18-16-19(12-13-28-18)25(35)30-26-29-22-10-6-9-21(27)24(22)33(26)20-8-4-5-15-32(17-20)23(34)11-7-14-31(2)3/h2*6-7,9-13,16,20H,4-5,8,14-15,17H2,1-3H3,(H,29,30,35)/b2*11-7+/t2*20-/m11/s1. The Morgan fingerprint density at radius 1 is 0.629 bits per heavy atom. The first-order valence-corrected chi connectivity index (χ1v) is 24.4. The number of nitrogens with zero attached hydrogens (tertiary/aromatic N) is 10. The number of hydrogen-bond acceptors (Lipinski definition) is 10. The van der Waals surface area contributed by atoms with Crippen LogP contribution in [0.4, 0.5) is 11.9 Å². The number of hydrogen-bond donors (Lipinski definition) is 2. The summed E-state index contributed by atoms with van der Waals surface area (Å²) < 4.78 is 4.00. The van der Waals surface area contributed by atoms with Gasteiger partial charge in [-0.1, -0.05) is 47.5 Å². The molecule has 2 aliphatic heterocycles. The molecule has 0 unspecified atom stereocenters. The molecule has 0 saturated carbocycles. The highest BCUT2D eigenvalue weighted by atomic mass is 35.5. The van der Waals surface area contributed by atoms with Crippen LogP contribution in [-0.4, -0.2) is 140 Å². The number of likely N-dealkylation sites (tertiary alicyclic amines) is 2. The van der Waals surface area contributed by atoms with E-state index in [0.29, 0.717) is 83.4 Å². The van der Waals surface area contributed by atoms with Crippen molar-refractivity contribution >= 4 is 80.8 Å². The lowest BCUT2D eigenvalue weighted by Gasteiger charge is -2.26. The van der Waals surface area contributed by atoms with Gasteiger partial charge in [0.05, 0.1) is 44.2 Å². The minimum Gasteiger partial charge on any atom is -0.337 e. The summed E-state index contributed by atoms with van der Waals surface area (Å²) in [6, 6.07) is 17.8. The molecule has 2 saturated heterocycles. The number of carbonyl (C=O) groups excluding carboxylic acids is 4. The average Bonchev–Trinajstić information content (AvgIpc) is 3.63. The first-order valence-electron chi connectivity index (χ1n) is 23.7. The molecule has 6 aromatic rings. The number of amides is 4. The molecule has 0 bridgehead atoms. The van der Waals surface area contributed by atoms with Gasteiger partial charge in [-0.25, -0.2) is 9.97 Å². The van der Waals surface area contributed by atoms with Crippen LogP contribution >= 0.6 is 23.2 Å². The smallest absolute Gasteiger partial charge is 0.258 e. The monoisotopic (exact) mass is 988 g/mol. The van der Waals surface area contributed by atoms with Crippen LogP contribution in [-0.2, 0) is 9.59 Å². The molecule has 0 spiro atoms. The lowest BCUT2D eigenvalue weighted by Crippen LogP contribution is -2.34. The summed E-state index contributed by atoms with van der Waals surface area (Å²) in [6.07, 6.45) is 15.7. The summed E-state index contributed by atoms with van der Waals surface area (Å²) in [6.45, 7) is 7.51. The second-order valence-electron chi connectivity index (χ2n) is 18.3. The second-order valence-corrected chi connectivity index (χ2v) is 19.1. The number of imidazole rings is 2. The van der Waals surface area contributed by atoms with Gasteiger partial charge < -0.3 is 28.7 Å². The molecule has 2 aliphatic rings. The number of halogens is 2. The highest BCUT2D eigenvalue weighted by Gasteiger charge is 2.29. The average molecular weight is 990 g/mol. The van der Waals surface area contributed by atoms with Crippen molar-refractivity contribution in [2.24, 2.45) is 0 Å². The van der Waals surface area contributed by atoms with Crippen molar-refractivity contribution < 1.29 is 19.2 Å². The van der Waals surface area contributed by atoms with Crippen LogP contribution in [0.25, 0.3) is 22.1 Å². The van der Waals surface area contributed by atoms with Crippen molar-refractivity contribution in [2.75, 3.05) is 78.1 Å². The fourth-order valence-corrected chi connectivity index (χ4v) is 9.34. The first kappa shape index (κ1) is 51.4.